The monoisotopic (exact) mass is 363 g/mol. The topological polar surface area (TPSA) is 58.9 Å². The zero-order valence-corrected chi connectivity index (χ0v) is 16.0. The van der Waals surface area contributed by atoms with Gasteiger partial charge in [-0.3, -0.25) is 4.79 Å². The molecule has 4 heteroatoms. The van der Waals surface area contributed by atoms with Crippen molar-refractivity contribution in [2.24, 2.45) is 10.4 Å². The van der Waals surface area contributed by atoms with E-state index in [2.05, 4.69) is 0 Å². The van der Waals surface area contributed by atoms with Crippen LogP contribution in [0.25, 0.3) is 0 Å². The van der Waals surface area contributed by atoms with E-state index in [1.54, 1.807) is 7.11 Å². The highest BCUT2D eigenvalue weighted by Crippen LogP contribution is 2.37. The summed E-state index contributed by atoms with van der Waals surface area (Å²) < 4.78 is 5.40. The highest BCUT2D eigenvalue weighted by Gasteiger charge is 2.35. The molecule has 140 valence electrons. The Kier molecular flexibility index (Phi) is 5.45. The van der Waals surface area contributed by atoms with Gasteiger partial charge in [-0.05, 0) is 23.1 Å². The van der Waals surface area contributed by atoms with Gasteiger partial charge in [0, 0.05) is 19.3 Å². The van der Waals surface area contributed by atoms with Crippen molar-refractivity contribution in [3.8, 4) is 5.75 Å². The number of allylic oxidation sites excluding steroid dienone is 2. The molecule has 1 aliphatic carbocycles. The van der Waals surface area contributed by atoms with Gasteiger partial charge in [-0.2, -0.15) is 0 Å². The second-order valence-corrected chi connectivity index (χ2v) is 7.66. The van der Waals surface area contributed by atoms with E-state index in [-0.39, 0.29) is 17.0 Å². The number of hydrogen-bond donors (Lipinski definition) is 1. The number of methoxy groups -OCH3 is 1. The van der Waals surface area contributed by atoms with Crippen molar-refractivity contribution in [1.29, 1.82) is 0 Å². The molecule has 0 spiro atoms. The third-order valence-electron chi connectivity index (χ3n) is 4.70. The van der Waals surface area contributed by atoms with Gasteiger partial charge >= 0.3 is 0 Å². The first-order valence-electron chi connectivity index (χ1n) is 9.10. The van der Waals surface area contributed by atoms with Crippen molar-refractivity contribution in [1.82, 2.24) is 0 Å². The number of para-hydroxylation sites is 2. The number of carbonyl (C=O) groups is 1. The van der Waals surface area contributed by atoms with Crippen LogP contribution in [0.15, 0.2) is 70.9 Å². The summed E-state index contributed by atoms with van der Waals surface area (Å²) in [6, 6.07) is 17.3. The maximum atomic E-state index is 12.9. The van der Waals surface area contributed by atoms with Crippen LogP contribution < -0.4 is 4.74 Å². The predicted octanol–water partition coefficient (Wildman–Crippen LogP) is 5.21. The number of ether oxygens (including phenoxy) is 1. The lowest BCUT2D eigenvalue weighted by Gasteiger charge is -2.30. The molecule has 2 aromatic carbocycles. The van der Waals surface area contributed by atoms with Crippen LogP contribution in [0.3, 0.4) is 0 Å². The van der Waals surface area contributed by atoms with E-state index in [9.17, 15) is 9.90 Å². The summed E-state index contributed by atoms with van der Waals surface area (Å²) in [6.07, 6.45) is 1.32. The first-order chi connectivity index (χ1) is 12.9. The van der Waals surface area contributed by atoms with Crippen LogP contribution in [-0.4, -0.2) is 23.7 Å². The number of benzene rings is 2. The summed E-state index contributed by atoms with van der Waals surface area (Å²) in [7, 11) is 1.59. The molecule has 0 fully saturated rings. The number of hydrogen-bond acceptors (Lipinski definition) is 4. The Morgan fingerprint density at radius 2 is 1.74 bits per heavy atom. The summed E-state index contributed by atoms with van der Waals surface area (Å²) in [4.78, 5) is 17.6. The van der Waals surface area contributed by atoms with E-state index in [0.29, 0.717) is 42.0 Å². The lowest BCUT2D eigenvalue weighted by atomic mass is 9.75. The van der Waals surface area contributed by atoms with E-state index < -0.39 is 0 Å². The van der Waals surface area contributed by atoms with Crippen LogP contribution in [0.2, 0.25) is 0 Å². The zero-order chi connectivity index (χ0) is 19.4. The van der Waals surface area contributed by atoms with E-state index in [1.807, 2.05) is 68.4 Å². The average molecular weight is 363 g/mol. The summed E-state index contributed by atoms with van der Waals surface area (Å²) in [5, 5.41) is 10.7. The molecule has 3 rings (SSSR count). The number of nitrogens with zero attached hydrogens (tertiary/aromatic N) is 1. The predicted molar refractivity (Wildman–Crippen MR) is 108 cm³/mol. The molecule has 0 amide bonds. The normalized spacial score (nSPS) is 17.1. The Morgan fingerprint density at radius 1 is 1.07 bits per heavy atom. The standard InChI is InChI=1S/C23H25NO3/c1-23(2)14-19(25)22(20(26)15-23)18(13-16-9-5-4-6-10-16)24-17-11-7-8-12-21(17)27-3/h4-12,25H,13-15H2,1-3H3. The smallest absolute Gasteiger partial charge is 0.168 e. The third-order valence-corrected chi connectivity index (χ3v) is 4.70. The van der Waals surface area contributed by atoms with E-state index >= 15 is 0 Å². The largest absolute Gasteiger partial charge is 0.511 e. The average Bonchev–Trinajstić information content (AvgIpc) is 2.61. The Morgan fingerprint density at radius 3 is 2.41 bits per heavy atom. The minimum absolute atomic E-state index is 0.0617. The fourth-order valence-electron chi connectivity index (χ4n) is 3.46. The van der Waals surface area contributed by atoms with Gasteiger partial charge in [-0.1, -0.05) is 56.3 Å². The molecule has 1 aliphatic rings. The second kappa shape index (κ2) is 7.78. The number of ketones is 1. The van der Waals surface area contributed by atoms with Gasteiger partial charge in [0.2, 0.25) is 0 Å². The van der Waals surface area contributed by atoms with Gasteiger partial charge < -0.3 is 9.84 Å². The van der Waals surface area contributed by atoms with Crippen LogP contribution in [0.1, 0.15) is 32.3 Å². The quantitative estimate of drug-likeness (QED) is 0.742. The van der Waals surface area contributed by atoms with Gasteiger partial charge in [0.25, 0.3) is 0 Å². The molecular weight excluding hydrogens is 338 g/mol. The van der Waals surface area contributed by atoms with Crippen molar-refractivity contribution in [3.63, 3.8) is 0 Å². The molecule has 0 saturated carbocycles. The van der Waals surface area contributed by atoms with Crippen molar-refractivity contribution in [3.05, 3.63) is 71.5 Å². The number of carbonyl (C=O) groups excluding carboxylic acids is 1. The van der Waals surface area contributed by atoms with Crippen LogP contribution in [0.4, 0.5) is 5.69 Å². The van der Waals surface area contributed by atoms with Crippen molar-refractivity contribution in [2.45, 2.75) is 33.1 Å². The minimum atomic E-state index is -0.243. The molecule has 4 nitrogen and oxygen atoms in total. The van der Waals surface area contributed by atoms with Crippen LogP contribution in [0.5, 0.6) is 5.75 Å². The first kappa shape index (κ1) is 18.9. The van der Waals surface area contributed by atoms with E-state index in [0.717, 1.165) is 5.56 Å². The highest BCUT2D eigenvalue weighted by atomic mass is 16.5. The number of rotatable bonds is 5. The molecule has 1 N–H and O–H groups in total. The van der Waals surface area contributed by atoms with Gasteiger partial charge in [-0.15, -0.1) is 0 Å². The molecule has 0 bridgehead atoms. The fourth-order valence-corrected chi connectivity index (χ4v) is 3.46. The molecule has 0 aliphatic heterocycles. The minimum Gasteiger partial charge on any atom is -0.511 e. The van der Waals surface area contributed by atoms with E-state index in [1.165, 1.54) is 0 Å². The van der Waals surface area contributed by atoms with Crippen molar-refractivity contribution < 1.29 is 14.6 Å². The lowest BCUT2D eigenvalue weighted by Crippen LogP contribution is -2.30. The second-order valence-electron chi connectivity index (χ2n) is 7.66. The molecule has 2 aromatic rings. The molecule has 0 radical (unpaired) electrons. The Bertz CT molecular complexity index is 895. The molecule has 0 saturated heterocycles. The SMILES string of the molecule is COc1ccccc1N=C(Cc1ccccc1)C1=C(O)CC(C)(C)CC1=O. The summed E-state index contributed by atoms with van der Waals surface area (Å²) in [5.41, 5.74) is 2.35. The summed E-state index contributed by atoms with van der Waals surface area (Å²) in [5.74, 6) is 0.695. The number of aliphatic hydroxyl groups excluding tert-OH is 1. The van der Waals surface area contributed by atoms with Crippen LogP contribution in [0, 0.1) is 5.41 Å². The molecular formula is C23H25NO3. The van der Waals surface area contributed by atoms with Crippen LogP contribution in [-0.2, 0) is 11.2 Å². The van der Waals surface area contributed by atoms with Gasteiger partial charge in [0.15, 0.2) is 5.78 Å². The van der Waals surface area contributed by atoms with Crippen LogP contribution >= 0.6 is 0 Å². The highest BCUT2D eigenvalue weighted by molar-refractivity contribution is 6.24. The summed E-state index contributed by atoms with van der Waals surface area (Å²) in [6.45, 7) is 3.98. The fraction of sp³-hybridized carbons (Fsp3) is 0.304. The number of aliphatic imine (C=N–C) groups is 1. The maximum absolute atomic E-state index is 12.9. The molecule has 27 heavy (non-hydrogen) atoms. The molecule has 0 atom stereocenters. The van der Waals surface area contributed by atoms with Crippen molar-refractivity contribution >= 4 is 17.2 Å². The molecule has 0 heterocycles. The van der Waals surface area contributed by atoms with E-state index in [4.69, 9.17) is 9.73 Å². The van der Waals surface area contributed by atoms with Gasteiger partial charge in [-0.25, -0.2) is 4.99 Å². The Hall–Kier alpha value is -2.88. The number of Topliss-reactive ketones (excluding diaryl/α,β-unsaturated/α-hetero) is 1. The van der Waals surface area contributed by atoms with Gasteiger partial charge in [0.05, 0.1) is 18.4 Å². The molecule has 0 unspecified atom stereocenters. The lowest BCUT2D eigenvalue weighted by molar-refractivity contribution is -0.117. The maximum Gasteiger partial charge on any atom is 0.168 e. The third kappa shape index (κ3) is 4.45. The zero-order valence-electron chi connectivity index (χ0n) is 16.0. The van der Waals surface area contributed by atoms with Crippen molar-refractivity contribution in [2.75, 3.05) is 7.11 Å². The summed E-state index contributed by atoms with van der Waals surface area (Å²) >= 11 is 0. The Labute approximate surface area is 160 Å². The first-order valence-corrected chi connectivity index (χ1v) is 9.10. The van der Waals surface area contributed by atoms with Gasteiger partial charge in [0.1, 0.15) is 17.2 Å². The Balaban J connectivity index is 2.10. The molecule has 0 aromatic heterocycles. The number of aliphatic hydroxyl groups is 1.